The first-order chi connectivity index (χ1) is 10.8. The Morgan fingerprint density at radius 1 is 1.13 bits per heavy atom. The Hall–Kier alpha value is -0.0800. The zero-order chi connectivity index (χ0) is 16.0. The molecule has 1 fully saturated rings. The molecule has 0 aliphatic heterocycles. The molecular formula is C17H36IN3O2. The molecule has 0 aromatic carbocycles. The molecule has 138 valence electrons. The van der Waals surface area contributed by atoms with Crippen LogP contribution in [0.4, 0.5) is 0 Å². The molecule has 0 bridgehead atoms. The lowest BCUT2D eigenvalue weighted by Crippen LogP contribution is -2.45. The van der Waals surface area contributed by atoms with Crippen molar-refractivity contribution in [1.29, 1.82) is 0 Å². The van der Waals surface area contributed by atoms with Gasteiger partial charge in [-0.2, -0.15) is 0 Å². The molecule has 1 aliphatic carbocycles. The number of unbranched alkanes of at least 4 members (excludes halogenated alkanes) is 1. The number of hydrogen-bond acceptors (Lipinski definition) is 3. The van der Waals surface area contributed by atoms with Crippen LogP contribution in [0, 0.1) is 5.92 Å². The first kappa shape index (κ1) is 22.9. The second kappa shape index (κ2) is 15.4. The first-order valence-corrected chi connectivity index (χ1v) is 8.89. The molecule has 0 saturated heterocycles. The number of ether oxygens (including phenoxy) is 2. The zero-order valence-corrected chi connectivity index (χ0v) is 17.4. The summed E-state index contributed by atoms with van der Waals surface area (Å²) in [6.45, 7) is 8.15. The lowest BCUT2D eigenvalue weighted by atomic mass is 9.87. The van der Waals surface area contributed by atoms with Crippen LogP contribution < -0.4 is 10.6 Å². The number of rotatable bonds is 10. The molecule has 23 heavy (non-hydrogen) atoms. The Kier molecular flexibility index (Phi) is 15.4. The van der Waals surface area contributed by atoms with Crippen LogP contribution in [0.3, 0.4) is 0 Å². The lowest BCUT2D eigenvalue weighted by molar-refractivity contribution is 0.0487. The van der Waals surface area contributed by atoms with E-state index in [0.717, 1.165) is 31.4 Å². The fourth-order valence-electron chi connectivity index (χ4n) is 2.76. The van der Waals surface area contributed by atoms with E-state index >= 15 is 0 Å². The molecule has 1 saturated carbocycles. The second-order valence-electron chi connectivity index (χ2n) is 6.19. The average Bonchev–Trinajstić information content (AvgIpc) is 2.52. The van der Waals surface area contributed by atoms with Crippen molar-refractivity contribution in [2.45, 2.75) is 58.4 Å². The van der Waals surface area contributed by atoms with Gasteiger partial charge in [0.2, 0.25) is 0 Å². The lowest BCUT2D eigenvalue weighted by Gasteiger charge is -2.28. The van der Waals surface area contributed by atoms with E-state index in [0.29, 0.717) is 25.9 Å². The third-order valence-corrected chi connectivity index (χ3v) is 4.05. The van der Waals surface area contributed by atoms with Crippen LogP contribution in [0.1, 0.15) is 52.4 Å². The van der Waals surface area contributed by atoms with Gasteiger partial charge < -0.3 is 20.1 Å². The Morgan fingerprint density at radius 2 is 1.87 bits per heavy atom. The molecule has 2 atom stereocenters. The predicted octanol–water partition coefficient (Wildman–Crippen LogP) is 3.18. The summed E-state index contributed by atoms with van der Waals surface area (Å²) in [6.07, 6.45) is 7.47. The molecule has 1 aliphatic rings. The number of nitrogens with one attached hydrogen (secondary N) is 2. The van der Waals surface area contributed by atoms with Crippen LogP contribution in [-0.2, 0) is 9.47 Å². The standard InChI is InChI=1S/C17H35N3O2.HI/c1-4-5-10-21-12-13-22-11-9-19-17(18-3)20-16-8-6-7-15(2)14-16;/h15-16H,4-14H2,1-3H3,(H2,18,19,20);1H. The number of halogens is 1. The minimum atomic E-state index is 0. The minimum absolute atomic E-state index is 0. The monoisotopic (exact) mass is 441 g/mol. The highest BCUT2D eigenvalue weighted by Crippen LogP contribution is 2.23. The molecule has 0 heterocycles. The second-order valence-corrected chi connectivity index (χ2v) is 6.19. The van der Waals surface area contributed by atoms with Crippen LogP contribution in [0.5, 0.6) is 0 Å². The largest absolute Gasteiger partial charge is 0.379 e. The van der Waals surface area contributed by atoms with Crippen molar-refractivity contribution in [3.05, 3.63) is 0 Å². The molecular weight excluding hydrogens is 405 g/mol. The van der Waals surface area contributed by atoms with Gasteiger partial charge in [0.1, 0.15) is 0 Å². The number of nitrogens with zero attached hydrogens (tertiary/aromatic N) is 1. The van der Waals surface area contributed by atoms with Gasteiger partial charge in [-0.15, -0.1) is 24.0 Å². The van der Waals surface area contributed by atoms with Crippen LogP contribution in [0.2, 0.25) is 0 Å². The molecule has 0 aromatic rings. The highest BCUT2D eigenvalue weighted by molar-refractivity contribution is 14.0. The van der Waals surface area contributed by atoms with Crippen LogP contribution in [0.25, 0.3) is 0 Å². The molecule has 2 unspecified atom stereocenters. The summed E-state index contributed by atoms with van der Waals surface area (Å²) in [6, 6.07) is 0.558. The maximum absolute atomic E-state index is 5.55. The molecule has 2 N–H and O–H groups in total. The van der Waals surface area contributed by atoms with Gasteiger partial charge in [0, 0.05) is 26.2 Å². The fourth-order valence-corrected chi connectivity index (χ4v) is 2.76. The van der Waals surface area contributed by atoms with Crippen LogP contribution in [-0.4, -0.2) is 52.0 Å². The fraction of sp³-hybridized carbons (Fsp3) is 0.941. The normalized spacial score (nSPS) is 21.6. The zero-order valence-electron chi connectivity index (χ0n) is 15.1. The Bertz CT molecular complexity index is 304. The van der Waals surface area contributed by atoms with Gasteiger partial charge in [-0.05, 0) is 25.2 Å². The van der Waals surface area contributed by atoms with Gasteiger partial charge in [0.15, 0.2) is 5.96 Å². The third-order valence-electron chi connectivity index (χ3n) is 4.05. The molecule has 0 radical (unpaired) electrons. The number of aliphatic imine (C=N–C) groups is 1. The van der Waals surface area contributed by atoms with E-state index in [-0.39, 0.29) is 24.0 Å². The summed E-state index contributed by atoms with van der Waals surface area (Å²) in [5, 5.41) is 6.84. The molecule has 0 spiro atoms. The number of hydrogen-bond donors (Lipinski definition) is 2. The summed E-state index contributed by atoms with van der Waals surface area (Å²) in [5.41, 5.74) is 0. The average molecular weight is 441 g/mol. The van der Waals surface area contributed by atoms with Gasteiger partial charge in [0.25, 0.3) is 0 Å². The first-order valence-electron chi connectivity index (χ1n) is 8.89. The van der Waals surface area contributed by atoms with Gasteiger partial charge in [0.05, 0.1) is 19.8 Å². The SMILES string of the molecule is CCCCOCCOCCNC(=NC)NC1CCCC(C)C1.I. The molecule has 0 aromatic heterocycles. The van der Waals surface area contributed by atoms with Gasteiger partial charge in [-0.1, -0.05) is 33.1 Å². The predicted molar refractivity (Wildman–Crippen MR) is 108 cm³/mol. The van der Waals surface area contributed by atoms with E-state index in [1.807, 2.05) is 7.05 Å². The molecule has 5 nitrogen and oxygen atoms in total. The van der Waals surface area contributed by atoms with E-state index in [2.05, 4.69) is 29.5 Å². The Balaban J connectivity index is 0.00000484. The van der Waals surface area contributed by atoms with Gasteiger partial charge >= 0.3 is 0 Å². The van der Waals surface area contributed by atoms with E-state index < -0.39 is 0 Å². The number of guanidine groups is 1. The summed E-state index contributed by atoms with van der Waals surface area (Å²) >= 11 is 0. The molecule has 1 rings (SSSR count). The van der Waals surface area contributed by atoms with Gasteiger partial charge in [-0.25, -0.2) is 0 Å². The van der Waals surface area contributed by atoms with Crippen molar-refractivity contribution in [3.8, 4) is 0 Å². The van der Waals surface area contributed by atoms with Crippen molar-refractivity contribution in [2.75, 3.05) is 40.0 Å². The maximum Gasteiger partial charge on any atom is 0.191 e. The quantitative estimate of drug-likeness (QED) is 0.237. The van der Waals surface area contributed by atoms with Crippen molar-refractivity contribution in [1.82, 2.24) is 10.6 Å². The molecule has 6 heteroatoms. The Labute approximate surface area is 159 Å². The maximum atomic E-state index is 5.55. The van der Waals surface area contributed by atoms with E-state index in [1.165, 1.54) is 32.1 Å². The third kappa shape index (κ3) is 12.0. The van der Waals surface area contributed by atoms with Crippen molar-refractivity contribution >= 4 is 29.9 Å². The van der Waals surface area contributed by atoms with Crippen molar-refractivity contribution < 1.29 is 9.47 Å². The highest BCUT2D eigenvalue weighted by Gasteiger charge is 2.19. The smallest absolute Gasteiger partial charge is 0.191 e. The highest BCUT2D eigenvalue weighted by atomic mass is 127. The van der Waals surface area contributed by atoms with Gasteiger partial charge in [-0.3, -0.25) is 4.99 Å². The van der Waals surface area contributed by atoms with E-state index in [4.69, 9.17) is 9.47 Å². The van der Waals surface area contributed by atoms with E-state index in [1.54, 1.807) is 0 Å². The Morgan fingerprint density at radius 3 is 2.52 bits per heavy atom. The van der Waals surface area contributed by atoms with Crippen molar-refractivity contribution in [2.24, 2.45) is 10.9 Å². The summed E-state index contributed by atoms with van der Waals surface area (Å²) in [5.74, 6) is 1.71. The van der Waals surface area contributed by atoms with Crippen LogP contribution in [0.15, 0.2) is 4.99 Å². The summed E-state index contributed by atoms with van der Waals surface area (Å²) in [7, 11) is 1.82. The topological polar surface area (TPSA) is 54.9 Å². The minimum Gasteiger partial charge on any atom is -0.379 e. The summed E-state index contributed by atoms with van der Waals surface area (Å²) < 4.78 is 11.0. The van der Waals surface area contributed by atoms with E-state index in [9.17, 15) is 0 Å². The molecule has 0 amide bonds. The van der Waals surface area contributed by atoms with Crippen molar-refractivity contribution in [3.63, 3.8) is 0 Å². The summed E-state index contributed by atoms with van der Waals surface area (Å²) in [4.78, 5) is 4.29. The van der Waals surface area contributed by atoms with Crippen LogP contribution >= 0.6 is 24.0 Å².